The van der Waals surface area contributed by atoms with Crippen molar-refractivity contribution in [2.75, 3.05) is 0 Å². The molecule has 0 unspecified atom stereocenters. The molecule has 154 valence electrons. The summed E-state index contributed by atoms with van der Waals surface area (Å²) < 4.78 is 4.52. The fourth-order valence-corrected chi connectivity index (χ4v) is 4.54. The number of hydrogen-bond acceptors (Lipinski definition) is 3. The minimum atomic E-state index is -0.478. The minimum Gasteiger partial charge on any atom is -0.322 e. The van der Waals surface area contributed by atoms with Gasteiger partial charge in [0, 0.05) is 25.0 Å². The smallest absolute Gasteiger partial charge is 0.322 e. The van der Waals surface area contributed by atoms with Gasteiger partial charge in [0.2, 0.25) is 0 Å². The third kappa shape index (κ3) is 3.53. The van der Waals surface area contributed by atoms with Gasteiger partial charge in [-0.3, -0.25) is 9.36 Å². The third-order valence-corrected chi connectivity index (χ3v) is 6.45. The largest absolute Gasteiger partial charge is 0.337 e. The number of halogens is 2. The molecule has 1 aliphatic carbocycles. The van der Waals surface area contributed by atoms with Crippen LogP contribution in [0.4, 0.5) is 0 Å². The summed E-state index contributed by atoms with van der Waals surface area (Å²) >= 11 is 12.4. The Kier molecular flexibility index (Phi) is 5.58. The van der Waals surface area contributed by atoms with Crippen molar-refractivity contribution in [3.05, 3.63) is 54.9 Å². The molecule has 0 bridgehead atoms. The first-order valence-electron chi connectivity index (χ1n) is 10.1. The lowest BCUT2D eigenvalue weighted by atomic mass is 9.82. The quantitative estimate of drug-likeness (QED) is 0.579. The van der Waals surface area contributed by atoms with E-state index < -0.39 is 5.69 Å². The highest BCUT2D eigenvalue weighted by molar-refractivity contribution is 6.35. The van der Waals surface area contributed by atoms with E-state index in [-0.39, 0.29) is 5.56 Å². The molecule has 1 saturated carbocycles. The van der Waals surface area contributed by atoms with Gasteiger partial charge in [0.25, 0.3) is 5.56 Å². The maximum absolute atomic E-state index is 13.0. The van der Waals surface area contributed by atoms with Crippen LogP contribution in [0.25, 0.3) is 16.9 Å². The predicted molar refractivity (Wildman–Crippen MR) is 117 cm³/mol. The maximum atomic E-state index is 13.0. The predicted octanol–water partition coefficient (Wildman–Crippen LogP) is 4.34. The average Bonchev–Trinajstić information content (AvgIpc) is 3.02. The molecule has 0 aliphatic heterocycles. The Morgan fingerprint density at radius 3 is 2.59 bits per heavy atom. The van der Waals surface area contributed by atoms with Crippen LogP contribution >= 0.6 is 23.2 Å². The second kappa shape index (κ2) is 8.00. The molecule has 0 N–H and O–H groups in total. The monoisotopic (exact) mass is 434 g/mol. The van der Waals surface area contributed by atoms with Gasteiger partial charge in [0.15, 0.2) is 11.2 Å². The van der Waals surface area contributed by atoms with Crippen LogP contribution in [0.1, 0.15) is 44.9 Å². The van der Waals surface area contributed by atoms with Crippen LogP contribution in [0.3, 0.4) is 0 Å². The topological polar surface area (TPSA) is 61.8 Å². The number of aryl methyl sites for hydroxylation is 2. The molecule has 1 aliphatic rings. The van der Waals surface area contributed by atoms with Crippen molar-refractivity contribution in [3.8, 4) is 5.69 Å². The Morgan fingerprint density at radius 2 is 1.97 bits per heavy atom. The van der Waals surface area contributed by atoms with Gasteiger partial charge in [-0.1, -0.05) is 49.4 Å². The molecule has 29 heavy (non-hydrogen) atoms. The Hall–Kier alpha value is -2.05. The average molecular weight is 435 g/mol. The van der Waals surface area contributed by atoms with Crippen LogP contribution in [0.5, 0.6) is 0 Å². The number of rotatable bonds is 6. The first kappa shape index (κ1) is 20.2. The standard InChI is InChI=1S/C21H24Cl2N4O2/c1-3-17-24-19-18(26(17)11-5-8-13-6-4-7-13)20(28)25(2)21(29)27(19)16-10-9-14(22)12-15(16)23/h9-10,12-13H,3-8,11H2,1-2H3. The molecule has 0 spiro atoms. The number of benzene rings is 1. The van der Waals surface area contributed by atoms with E-state index in [1.165, 1.54) is 30.9 Å². The van der Waals surface area contributed by atoms with E-state index in [9.17, 15) is 9.59 Å². The number of nitrogens with zero attached hydrogens (tertiary/aromatic N) is 4. The van der Waals surface area contributed by atoms with Gasteiger partial charge in [-0.15, -0.1) is 0 Å². The second-order valence-electron chi connectivity index (χ2n) is 7.72. The van der Waals surface area contributed by atoms with E-state index in [2.05, 4.69) is 4.98 Å². The SMILES string of the molecule is CCc1nc2c(c(=O)n(C)c(=O)n2-c2ccc(Cl)cc2Cl)n1CCCC1CCC1. The molecule has 2 aromatic heterocycles. The second-order valence-corrected chi connectivity index (χ2v) is 8.57. The summed E-state index contributed by atoms with van der Waals surface area (Å²) in [7, 11) is 1.49. The lowest BCUT2D eigenvalue weighted by Crippen LogP contribution is -2.38. The van der Waals surface area contributed by atoms with Crippen molar-refractivity contribution in [2.24, 2.45) is 13.0 Å². The van der Waals surface area contributed by atoms with E-state index >= 15 is 0 Å². The summed E-state index contributed by atoms with van der Waals surface area (Å²) in [4.78, 5) is 30.7. The Bertz CT molecular complexity index is 1190. The first-order chi connectivity index (χ1) is 13.9. The van der Waals surface area contributed by atoms with Crippen molar-refractivity contribution < 1.29 is 0 Å². The Labute approximate surface area is 178 Å². The van der Waals surface area contributed by atoms with Gasteiger partial charge >= 0.3 is 5.69 Å². The van der Waals surface area contributed by atoms with Crippen LogP contribution in [-0.4, -0.2) is 18.7 Å². The highest BCUT2D eigenvalue weighted by Gasteiger charge is 2.22. The molecule has 1 fully saturated rings. The highest BCUT2D eigenvalue weighted by Crippen LogP contribution is 2.31. The van der Waals surface area contributed by atoms with Crippen LogP contribution in [-0.2, 0) is 20.0 Å². The van der Waals surface area contributed by atoms with Gasteiger partial charge in [-0.2, -0.15) is 0 Å². The summed E-state index contributed by atoms with van der Waals surface area (Å²) in [5, 5.41) is 0.806. The molecule has 1 aromatic carbocycles. The zero-order valence-corrected chi connectivity index (χ0v) is 18.1. The maximum Gasteiger partial charge on any atom is 0.337 e. The Balaban J connectivity index is 1.90. The van der Waals surface area contributed by atoms with Crippen molar-refractivity contribution in [1.29, 1.82) is 0 Å². The van der Waals surface area contributed by atoms with Gasteiger partial charge in [-0.05, 0) is 37.0 Å². The van der Waals surface area contributed by atoms with Gasteiger partial charge in [0.05, 0.1) is 10.7 Å². The molecule has 2 heterocycles. The van der Waals surface area contributed by atoms with E-state index in [1.807, 2.05) is 11.5 Å². The molecule has 0 amide bonds. The summed E-state index contributed by atoms with van der Waals surface area (Å²) in [6.07, 6.45) is 6.76. The van der Waals surface area contributed by atoms with E-state index in [4.69, 9.17) is 23.2 Å². The van der Waals surface area contributed by atoms with Gasteiger partial charge in [0.1, 0.15) is 5.82 Å². The summed E-state index contributed by atoms with van der Waals surface area (Å²) in [6, 6.07) is 4.93. The van der Waals surface area contributed by atoms with E-state index in [1.54, 1.807) is 18.2 Å². The number of fused-ring (bicyclic) bond motifs is 1. The molecule has 3 aromatic rings. The van der Waals surface area contributed by atoms with Crippen LogP contribution in [0.15, 0.2) is 27.8 Å². The van der Waals surface area contributed by atoms with Crippen LogP contribution in [0, 0.1) is 5.92 Å². The van der Waals surface area contributed by atoms with Crippen LogP contribution < -0.4 is 11.2 Å². The summed E-state index contributed by atoms with van der Waals surface area (Å²) in [5.41, 5.74) is 0.450. The minimum absolute atomic E-state index is 0.331. The van der Waals surface area contributed by atoms with E-state index in [0.717, 1.165) is 35.7 Å². The molecule has 0 radical (unpaired) electrons. The lowest BCUT2D eigenvalue weighted by molar-refractivity contribution is 0.284. The fourth-order valence-electron chi connectivity index (χ4n) is 4.05. The van der Waals surface area contributed by atoms with Crippen molar-refractivity contribution >= 4 is 34.4 Å². The van der Waals surface area contributed by atoms with Crippen LogP contribution in [0.2, 0.25) is 10.0 Å². The molecule has 0 atom stereocenters. The number of imidazole rings is 1. The first-order valence-corrected chi connectivity index (χ1v) is 10.8. The summed E-state index contributed by atoms with van der Waals surface area (Å²) in [5.74, 6) is 1.61. The van der Waals surface area contributed by atoms with Crippen molar-refractivity contribution in [3.63, 3.8) is 0 Å². The third-order valence-electron chi connectivity index (χ3n) is 5.91. The molecular weight excluding hydrogens is 411 g/mol. The fraction of sp³-hybridized carbons (Fsp3) is 0.476. The van der Waals surface area contributed by atoms with Crippen molar-refractivity contribution in [2.45, 2.75) is 52.0 Å². The van der Waals surface area contributed by atoms with Gasteiger partial charge in [-0.25, -0.2) is 14.3 Å². The molecular formula is C21H24Cl2N4O2. The molecule has 4 rings (SSSR count). The molecule has 8 heteroatoms. The molecule has 0 saturated heterocycles. The zero-order valence-electron chi connectivity index (χ0n) is 16.6. The number of hydrogen-bond donors (Lipinski definition) is 0. The highest BCUT2D eigenvalue weighted by atomic mass is 35.5. The lowest BCUT2D eigenvalue weighted by Gasteiger charge is -2.25. The normalized spacial score (nSPS) is 14.5. The number of aromatic nitrogens is 4. The zero-order chi connectivity index (χ0) is 20.7. The van der Waals surface area contributed by atoms with Gasteiger partial charge < -0.3 is 4.57 Å². The summed E-state index contributed by atoms with van der Waals surface area (Å²) in [6.45, 7) is 2.73. The Morgan fingerprint density at radius 1 is 1.21 bits per heavy atom. The molecule has 6 nitrogen and oxygen atoms in total. The van der Waals surface area contributed by atoms with E-state index in [0.29, 0.717) is 33.3 Å². The van der Waals surface area contributed by atoms with Crippen molar-refractivity contribution in [1.82, 2.24) is 18.7 Å².